The fourth-order valence-corrected chi connectivity index (χ4v) is 2.54. The van der Waals surface area contributed by atoms with Crippen molar-refractivity contribution < 1.29 is 14.0 Å². The Labute approximate surface area is 151 Å². The molecular formula is C19H20N4O3. The van der Waals surface area contributed by atoms with Crippen LogP contribution in [-0.4, -0.2) is 27.4 Å². The third-order valence-electron chi connectivity index (χ3n) is 3.94. The number of carbonyl (C=O) groups is 2. The average molecular weight is 352 g/mol. The van der Waals surface area contributed by atoms with Gasteiger partial charge in [0, 0.05) is 12.4 Å². The molecule has 2 N–H and O–H groups in total. The van der Waals surface area contributed by atoms with Crippen molar-refractivity contribution in [3.8, 4) is 5.69 Å². The topological polar surface area (TPSA) is 89.2 Å². The molecule has 134 valence electrons. The number of hydrogen-bond donors (Lipinski definition) is 2. The Balaban J connectivity index is 1.69. The molecule has 0 spiro atoms. The van der Waals surface area contributed by atoms with Crippen molar-refractivity contribution in [1.29, 1.82) is 0 Å². The number of aromatic nitrogens is 2. The summed E-state index contributed by atoms with van der Waals surface area (Å²) in [7, 11) is 0. The second kappa shape index (κ2) is 7.69. The van der Waals surface area contributed by atoms with Gasteiger partial charge in [0.1, 0.15) is 11.8 Å². The van der Waals surface area contributed by atoms with Crippen molar-refractivity contribution in [3.05, 3.63) is 72.2 Å². The summed E-state index contributed by atoms with van der Waals surface area (Å²) in [6, 6.07) is 8.40. The number of benzene rings is 1. The van der Waals surface area contributed by atoms with E-state index in [1.807, 2.05) is 19.1 Å². The van der Waals surface area contributed by atoms with E-state index in [-0.39, 0.29) is 18.4 Å². The minimum atomic E-state index is -0.686. The second-order valence-corrected chi connectivity index (χ2v) is 5.98. The Kier molecular flexibility index (Phi) is 5.17. The van der Waals surface area contributed by atoms with Crippen molar-refractivity contribution in [3.63, 3.8) is 0 Å². The average Bonchev–Trinajstić information content (AvgIpc) is 3.33. The van der Waals surface area contributed by atoms with E-state index in [1.165, 1.54) is 0 Å². The first-order valence-corrected chi connectivity index (χ1v) is 8.24. The standard InChI is InChI=1S/C19H20N4O3/c1-13-5-6-17(23-8-7-20-12-23)16(10-13)19(25)22-14(2)18(24)21-11-15-4-3-9-26-15/h3-10,12,14H,11H2,1-2H3,(H,21,24)(H,22,25). The van der Waals surface area contributed by atoms with E-state index in [0.29, 0.717) is 17.0 Å². The van der Waals surface area contributed by atoms with E-state index in [1.54, 1.807) is 54.7 Å². The van der Waals surface area contributed by atoms with Crippen LogP contribution in [0.3, 0.4) is 0 Å². The molecule has 1 aromatic carbocycles. The van der Waals surface area contributed by atoms with Crippen molar-refractivity contribution in [2.24, 2.45) is 0 Å². The highest BCUT2D eigenvalue weighted by Crippen LogP contribution is 2.16. The van der Waals surface area contributed by atoms with Crippen LogP contribution in [0.15, 0.2) is 59.7 Å². The lowest BCUT2D eigenvalue weighted by atomic mass is 10.1. The van der Waals surface area contributed by atoms with Gasteiger partial charge in [-0.3, -0.25) is 9.59 Å². The first-order chi connectivity index (χ1) is 12.5. The van der Waals surface area contributed by atoms with Crippen molar-refractivity contribution >= 4 is 11.8 Å². The number of nitrogens with zero attached hydrogens (tertiary/aromatic N) is 2. The van der Waals surface area contributed by atoms with Gasteiger partial charge in [-0.1, -0.05) is 11.6 Å². The van der Waals surface area contributed by atoms with Crippen LogP contribution in [0.5, 0.6) is 0 Å². The molecule has 2 amide bonds. The molecule has 1 unspecified atom stereocenters. The van der Waals surface area contributed by atoms with Crippen LogP contribution in [-0.2, 0) is 11.3 Å². The first-order valence-electron chi connectivity index (χ1n) is 8.24. The number of hydrogen-bond acceptors (Lipinski definition) is 4. The van der Waals surface area contributed by atoms with Gasteiger partial charge in [-0.2, -0.15) is 0 Å². The number of carbonyl (C=O) groups excluding carboxylic acids is 2. The van der Waals surface area contributed by atoms with Crippen LogP contribution in [0.4, 0.5) is 0 Å². The minimum absolute atomic E-state index is 0.275. The molecule has 3 rings (SSSR count). The van der Waals surface area contributed by atoms with Gasteiger partial charge in [-0.15, -0.1) is 0 Å². The number of furan rings is 1. The number of rotatable bonds is 6. The third kappa shape index (κ3) is 4.00. The Bertz CT molecular complexity index is 886. The lowest BCUT2D eigenvalue weighted by Gasteiger charge is -2.16. The largest absolute Gasteiger partial charge is 0.467 e. The summed E-state index contributed by atoms with van der Waals surface area (Å²) in [4.78, 5) is 28.9. The van der Waals surface area contributed by atoms with E-state index in [4.69, 9.17) is 4.42 Å². The Hall–Kier alpha value is -3.35. The highest BCUT2D eigenvalue weighted by atomic mass is 16.3. The van der Waals surface area contributed by atoms with Gasteiger partial charge in [0.2, 0.25) is 5.91 Å². The molecule has 0 saturated heterocycles. The summed E-state index contributed by atoms with van der Waals surface area (Å²) >= 11 is 0. The molecule has 0 aliphatic heterocycles. The van der Waals surface area contributed by atoms with Gasteiger partial charge >= 0.3 is 0 Å². The summed E-state index contributed by atoms with van der Waals surface area (Å²) in [6.45, 7) is 3.83. The zero-order valence-electron chi connectivity index (χ0n) is 14.6. The van der Waals surface area contributed by atoms with Gasteiger partial charge in [0.05, 0.1) is 30.4 Å². The molecule has 7 heteroatoms. The quantitative estimate of drug-likeness (QED) is 0.712. The molecule has 0 saturated carbocycles. The molecule has 0 bridgehead atoms. The molecular weight excluding hydrogens is 332 g/mol. The van der Waals surface area contributed by atoms with Crippen LogP contribution in [0.2, 0.25) is 0 Å². The van der Waals surface area contributed by atoms with Crippen LogP contribution >= 0.6 is 0 Å². The van der Waals surface area contributed by atoms with Gasteiger partial charge in [0.25, 0.3) is 5.91 Å². The van der Waals surface area contributed by atoms with Crippen molar-refractivity contribution in [2.75, 3.05) is 0 Å². The second-order valence-electron chi connectivity index (χ2n) is 5.98. The highest BCUT2D eigenvalue weighted by Gasteiger charge is 2.19. The zero-order chi connectivity index (χ0) is 18.5. The van der Waals surface area contributed by atoms with Crippen molar-refractivity contribution in [2.45, 2.75) is 26.4 Å². The van der Waals surface area contributed by atoms with Crippen molar-refractivity contribution in [1.82, 2.24) is 20.2 Å². The van der Waals surface area contributed by atoms with Crippen LogP contribution in [0.25, 0.3) is 5.69 Å². The van der Waals surface area contributed by atoms with Gasteiger partial charge in [-0.25, -0.2) is 4.98 Å². The Morgan fingerprint density at radius 3 is 2.85 bits per heavy atom. The Morgan fingerprint density at radius 2 is 2.15 bits per heavy atom. The molecule has 1 atom stereocenters. The highest BCUT2D eigenvalue weighted by molar-refractivity contribution is 6.00. The predicted octanol–water partition coefficient (Wildman–Crippen LogP) is 2.21. The molecule has 2 heterocycles. The lowest BCUT2D eigenvalue weighted by Crippen LogP contribution is -2.44. The molecule has 3 aromatic rings. The van der Waals surface area contributed by atoms with Gasteiger partial charge < -0.3 is 19.6 Å². The fourth-order valence-electron chi connectivity index (χ4n) is 2.54. The number of imidazole rings is 1. The van der Waals surface area contributed by atoms with E-state index in [9.17, 15) is 9.59 Å². The first kappa shape index (κ1) is 17.5. The van der Waals surface area contributed by atoms with Gasteiger partial charge in [0.15, 0.2) is 0 Å². The lowest BCUT2D eigenvalue weighted by molar-refractivity contribution is -0.122. The maximum absolute atomic E-state index is 12.7. The number of amides is 2. The molecule has 2 aromatic heterocycles. The van der Waals surface area contributed by atoms with E-state index in [2.05, 4.69) is 15.6 Å². The fraction of sp³-hybridized carbons (Fsp3) is 0.211. The van der Waals surface area contributed by atoms with E-state index >= 15 is 0 Å². The smallest absolute Gasteiger partial charge is 0.254 e. The minimum Gasteiger partial charge on any atom is -0.467 e. The summed E-state index contributed by atoms with van der Waals surface area (Å²) < 4.78 is 6.93. The van der Waals surface area contributed by atoms with E-state index in [0.717, 1.165) is 5.56 Å². The molecule has 0 fully saturated rings. The SMILES string of the molecule is Cc1ccc(-n2ccnc2)c(C(=O)NC(C)C(=O)NCc2ccco2)c1. The normalized spacial score (nSPS) is 11.8. The van der Waals surface area contributed by atoms with Crippen LogP contribution in [0, 0.1) is 6.92 Å². The molecule has 26 heavy (non-hydrogen) atoms. The zero-order valence-corrected chi connectivity index (χ0v) is 14.6. The predicted molar refractivity (Wildman–Crippen MR) is 95.8 cm³/mol. The third-order valence-corrected chi connectivity index (χ3v) is 3.94. The maximum Gasteiger partial charge on any atom is 0.254 e. The monoisotopic (exact) mass is 352 g/mol. The van der Waals surface area contributed by atoms with Crippen LogP contribution in [0.1, 0.15) is 28.6 Å². The van der Waals surface area contributed by atoms with Crippen LogP contribution < -0.4 is 10.6 Å². The summed E-state index contributed by atoms with van der Waals surface area (Å²) in [5.74, 6) is 0.0441. The van der Waals surface area contributed by atoms with E-state index < -0.39 is 6.04 Å². The summed E-state index contributed by atoms with van der Waals surface area (Å²) in [5, 5.41) is 5.47. The molecule has 0 radical (unpaired) electrons. The molecule has 7 nitrogen and oxygen atoms in total. The molecule has 0 aliphatic carbocycles. The van der Waals surface area contributed by atoms with Gasteiger partial charge in [-0.05, 0) is 38.1 Å². The summed E-state index contributed by atoms with van der Waals surface area (Å²) in [6.07, 6.45) is 6.58. The molecule has 0 aliphatic rings. The number of nitrogens with one attached hydrogen (secondary N) is 2. The Morgan fingerprint density at radius 1 is 1.31 bits per heavy atom. The maximum atomic E-state index is 12.7. The summed E-state index contributed by atoms with van der Waals surface area (Å²) in [5.41, 5.74) is 2.14. The number of aryl methyl sites for hydroxylation is 1.